The highest BCUT2D eigenvalue weighted by Crippen LogP contribution is 2.38. The van der Waals surface area contributed by atoms with Gasteiger partial charge in [-0.05, 0) is 57.1 Å². The molecular weight excluding hydrogens is 584 g/mol. The van der Waals surface area contributed by atoms with Gasteiger partial charge in [-0.2, -0.15) is 8.42 Å². The Kier molecular flexibility index (Phi) is 13.1. The van der Waals surface area contributed by atoms with Gasteiger partial charge in [0.25, 0.3) is 5.91 Å². The van der Waals surface area contributed by atoms with Crippen molar-refractivity contribution < 1.29 is 40.9 Å². The van der Waals surface area contributed by atoms with Gasteiger partial charge in [0, 0.05) is 11.1 Å². The lowest BCUT2D eigenvalue weighted by Crippen LogP contribution is -2.67. The van der Waals surface area contributed by atoms with Crippen LogP contribution in [0.5, 0.6) is 5.75 Å². The van der Waals surface area contributed by atoms with E-state index in [-0.39, 0.29) is 6.61 Å². The number of carbonyl (C=O) groups excluding carboxylic acids is 1. The van der Waals surface area contributed by atoms with Crippen molar-refractivity contribution in [2.75, 3.05) is 39.6 Å². The summed E-state index contributed by atoms with van der Waals surface area (Å²) in [5.41, 5.74) is 1.24. The number of benzene rings is 2. The third-order valence-corrected chi connectivity index (χ3v) is 8.46. The van der Waals surface area contributed by atoms with Crippen LogP contribution in [0, 0.1) is 6.92 Å². The van der Waals surface area contributed by atoms with E-state index >= 15 is 0 Å². The lowest BCUT2D eigenvalue weighted by Gasteiger charge is -2.48. The van der Waals surface area contributed by atoms with Crippen LogP contribution in [0.25, 0.3) is 0 Å². The van der Waals surface area contributed by atoms with Crippen LogP contribution >= 0.6 is 11.8 Å². The van der Waals surface area contributed by atoms with Crippen molar-refractivity contribution >= 4 is 28.1 Å². The molecule has 2 heterocycles. The molecule has 42 heavy (non-hydrogen) atoms. The normalized spacial score (nSPS) is 25.6. The maximum atomic E-state index is 13.1. The number of carbonyl (C=O) groups is 1. The Balaban J connectivity index is 0.000000616. The van der Waals surface area contributed by atoms with Gasteiger partial charge in [0.1, 0.15) is 29.5 Å². The Bertz CT molecular complexity index is 1220. The van der Waals surface area contributed by atoms with E-state index < -0.39 is 52.4 Å². The van der Waals surface area contributed by atoms with Gasteiger partial charge in [-0.3, -0.25) is 9.35 Å². The minimum absolute atomic E-state index is 0.133. The number of aryl methyl sites for hydroxylation is 1. The van der Waals surface area contributed by atoms with Crippen LogP contribution in [-0.2, 0) is 28.8 Å². The average Bonchev–Trinajstić information content (AvgIpc) is 2.98. The van der Waals surface area contributed by atoms with Crippen LogP contribution in [0.4, 0.5) is 0 Å². The minimum Gasteiger partial charge on any atom is -0.497 e. The summed E-state index contributed by atoms with van der Waals surface area (Å²) < 4.78 is 61.1. The van der Waals surface area contributed by atoms with Crippen LogP contribution in [-0.4, -0.2) is 93.2 Å². The molecule has 0 aliphatic carbocycles. The molecule has 2 aliphatic rings. The summed E-state index contributed by atoms with van der Waals surface area (Å²) in [6.45, 7) is 12.2. The Hall–Kier alpha value is -2.23. The fourth-order valence-corrected chi connectivity index (χ4v) is 6.05. The molecule has 13 heteroatoms. The van der Waals surface area contributed by atoms with E-state index in [0.29, 0.717) is 16.9 Å². The number of fused-ring (bicyclic) bond motifs is 1. The zero-order valence-corrected chi connectivity index (χ0v) is 26.5. The first kappa shape index (κ1) is 34.3. The molecule has 2 aliphatic heterocycles. The van der Waals surface area contributed by atoms with Crippen LogP contribution < -0.4 is 10.1 Å². The van der Waals surface area contributed by atoms with Gasteiger partial charge in [-0.1, -0.05) is 50.6 Å². The van der Waals surface area contributed by atoms with E-state index in [2.05, 4.69) is 31.0 Å². The SMILES string of the molecule is CCN(CC)CC.COc1ccc([C@H]2OC[C@H]3O[C@@H](SC)[C@H](OS(=O)(=O)O)[C@@H](NC(=O)c4ccc(C)cc4)[C@H]3O2)cc1. The molecule has 0 spiro atoms. The zero-order valence-electron chi connectivity index (χ0n) is 24.9. The molecule has 0 unspecified atom stereocenters. The highest BCUT2D eigenvalue weighted by molar-refractivity contribution is 7.99. The summed E-state index contributed by atoms with van der Waals surface area (Å²) in [5.74, 6) is 0.214. The number of nitrogens with zero attached hydrogens (tertiary/aromatic N) is 1. The first-order valence-corrected chi connectivity index (χ1v) is 16.5. The molecule has 2 aromatic carbocycles. The van der Waals surface area contributed by atoms with Gasteiger partial charge >= 0.3 is 10.4 Å². The fraction of sp³-hybridized carbons (Fsp3) is 0.552. The highest BCUT2D eigenvalue weighted by Gasteiger charge is 2.52. The molecule has 2 saturated heterocycles. The molecule has 1 amide bonds. The summed E-state index contributed by atoms with van der Waals surface area (Å²) in [6, 6.07) is 13.0. The van der Waals surface area contributed by atoms with Gasteiger partial charge in [0.15, 0.2) is 6.29 Å². The molecular formula is C29H42N2O9S2. The molecule has 11 nitrogen and oxygen atoms in total. The molecule has 2 aromatic rings. The summed E-state index contributed by atoms with van der Waals surface area (Å²) in [7, 11) is -3.30. The molecule has 0 aromatic heterocycles. The predicted octanol–water partition coefficient (Wildman–Crippen LogP) is 3.84. The fourth-order valence-electron chi connectivity index (χ4n) is 4.73. The number of hydrogen-bond acceptors (Lipinski definition) is 10. The van der Waals surface area contributed by atoms with Crippen LogP contribution in [0.3, 0.4) is 0 Å². The van der Waals surface area contributed by atoms with Crippen LogP contribution in [0.2, 0.25) is 0 Å². The maximum Gasteiger partial charge on any atom is 0.397 e. The standard InChI is InChI=1S/C23H27NO9S2.C6H15N/c1-13-4-6-14(7-5-13)21(25)24-18-19-17(31-23(34-3)20(18)33-35(26,27)28)12-30-22(32-19)15-8-10-16(29-2)11-9-15;1-4-7(5-2)6-3/h4-11,17-20,22-23H,12H2,1-3H3,(H,24,25)(H,26,27,28);4-6H2,1-3H3/t17-,18+,19+,20-,22+,23+;/m1./s1. The lowest BCUT2D eigenvalue weighted by molar-refractivity contribution is -0.297. The number of amides is 1. The van der Waals surface area contributed by atoms with Crippen molar-refractivity contribution in [3.05, 3.63) is 65.2 Å². The van der Waals surface area contributed by atoms with E-state index in [1.165, 1.54) is 31.4 Å². The molecule has 2 N–H and O–H groups in total. The Morgan fingerprint density at radius 3 is 2.17 bits per heavy atom. The summed E-state index contributed by atoms with van der Waals surface area (Å²) >= 11 is 1.18. The van der Waals surface area contributed by atoms with E-state index in [1.807, 2.05) is 6.92 Å². The highest BCUT2D eigenvalue weighted by atomic mass is 32.3. The van der Waals surface area contributed by atoms with Crippen LogP contribution in [0.1, 0.15) is 48.5 Å². The smallest absolute Gasteiger partial charge is 0.397 e. The Morgan fingerprint density at radius 2 is 1.67 bits per heavy atom. The summed E-state index contributed by atoms with van der Waals surface area (Å²) in [4.78, 5) is 15.5. The average molecular weight is 627 g/mol. The van der Waals surface area contributed by atoms with Crippen molar-refractivity contribution in [1.82, 2.24) is 10.2 Å². The monoisotopic (exact) mass is 626 g/mol. The third kappa shape index (κ3) is 9.38. The van der Waals surface area contributed by atoms with Crippen molar-refractivity contribution in [3.8, 4) is 5.75 Å². The second kappa shape index (κ2) is 16.0. The molecule has 0 bridgehead atoms. The second-order valence-electron chi connectivity index (χ2n) is 9.79. The van der Waals surface area contributed by atoms with E-state index in [4.69, 9.17) is 23.1 Å². The van der Waals surface area contributed by atoms with Crippen molar-refractivity contribution in [1.29, 1.82) is 0 Å². The minimum atomic E-state index is -4.86. The maximum absolute atomic E-state index is 13.1. The number of rotatable bonds is 10. The zero-order chi connectivity index (χ0) is 30.9. The van der Waals surface area contributed by atoms with Crippen molar-refractivity contribution in [2.45, 2.75) is 63.8 Å². The lowest BCUT2D eigenvalue weighted by atomic mass is 9.95. The van der Waals surface area contributed by atoms with E-state index in [1.54, 1.807) is 61.9 Å². The number of thioether (sulfide) groups is 1. The Labute approximate surface area is 253 Å². The number of ether oxygens (including phenoxy) is 4. The largest absolute Gasteiger partial charge is 0.497 e. The third-order valence-electron chi connectivity index (χ3n) is 7.15. The van der Waals surface area contributed by atoms with Gasteiger partial charge in [-0.25, -0.2) is 4.18 Å². The molecule has 0 saturated carbocycles. The number of methoxy groups -OCH3 is 1. The topological polar surface area (TPSA) is 133 Å². The summed E-state index contributed by atoms with van der Waals surface area (Å²) in [6.07, 6.45) is -1.81. The van der Waals surface area contributed by atoms with Gasteiger partial charge in [-0.15, -0.1) is 11.8 Å². The molecule has 2 fully saturated rings. The van der Waals surface area contributed by atoms with E-state index in [0.717, 1.165) is 5.56 Å². The predicted molar refractivity (Wildman–Crippen MR) is 161 cm³/mol. The molecule has 0 radical (unpaired) electrons. The van der Waals surface area contributed by atoms with Crippen molar-refractivity contribution in [2.24, 2.45) is 0 Å². The van der Waals surface area contributed by atoms with Crippen LogP contribution in [0.15, 0.2) is 48.5 Å². The molecule has 234 valence electrons. The second-order valence-corrected chi connectivity index (χ2v) is 11.8. The van der Waals surface area contributed by atoms with Crippen molar-refractivity contribution in [3.63, 3.8) is 0 Å². The Morgan fingerprint density at radius 1 is 1.05 bits per heavy atom. The summed E-state index contributed by atoms with van der Waals surface area (Å²) in [5, 5.41) is 2.85. The van der Waals surface area contributed by atoms with Gasteiger partial charge < -0.3 is 29.2 Å². The number of nitrogens with one attached hydrogen (secondary N) is 1. The quantitative estimate of drug-likeness (QED) is 0.373. The molecule has 4 rings (SSSR count). The van der Waals surface area contributed by atoms with Gasteiger partial charge in [0.05, 0.1) is 19.8 Å². The van der Waals surface area contributed by atoms with E-state index in [9.17, 15) is 17.8 Å². The van der Waals surface area contributed by atoms with Gasteiger partial charge in [0.2, 0.25) is 0 Å². The molecule has 6 atom stereocenters. The number of hydrogen-bond donors (Lipinski definition) is 2. The first-order valence-electron chi connectivity index (χ1n) is 13.9. The first-order chi connectivity index (χ1) is 20.0.